The van der Waals surface area contributed by atoms with Crippen molar-refractivity contribution in [2.24, 2.45) is 0 Å². The van der Waals surface area contributed by atoms with E-state index in [1.54, 1.807) is 0 Å². The fourth-order valence-corrected chi connectivity index (χ4v) is 3.92. The Hall–Kier alpha value is -1.84. The van der Waals surface area contributed by atoms with Crippen molar-refractivity contribution in [3.8, 4) is 0 Å². The van der Waals surface area contributed by atoms with Crippen LogP contribution in [0.5, 0.6) is 0 Å². The van der Waals surface area contributed by atoms with Crippen LogP contribution in [0, 0.1) is 6.92 Å². The Bertz CT molecular complexity index is 826. The normalized spacial score (nSPS) is 12.3. The number of fused-ring (bicyclic) bond motifs is 1. The van der Waals surface area contributed by atoms with Crippen molar-refractivity contribution in [1.29, 1.82) is 0 Å². The highest BCUT2D eigenvalue weighted by molar-refractivity contribution is 7.21. The van der Waals surface area contributed by atoms with Gasteiger partial charge in [-0.3, -0.25) is 4.79 Å². The molecule has 3 rings (SSSR count). The summed E-state index contributed by atoms with van der Waals surface area (Å²) in [6.07, 6.45) is 0. The number of halogens is 1. The molecule has 1 atom stereocenters. The minimum absolute atomic E-state index is 0.0586. The molecule has 22 heavy (non-hydrogen) atoms. The fourth-order valence-electron chi connectivity index (χ4n) is 2.41. The highest BCUT2D eigenvalue weighted by Crippen LogP contribution is 2.36. The summed E-state index contributed by atoms with van der Waals surface area (Å²) in [5.74, 6) is -0.125. The van der Waals surface area contributed by atoms with Gasteiger partial charge in [-0.05, 0) is 31.0 Å². The van der Waals surface area contributed by atoms with Crippen LogP contribution in [0.2, 0.25) is 5.02 Å². The summed E-state index contributed by atoms with van der Waals surface area (Å²) in [5, 5.41) is 4.50. The molecule has 0 aliphatic rings. The van der Waals surface area contributed by atoms with Crippen molar-refractivity contribution >= 4 is 38.9 Å². The minimum atomic E-state index is -0.125. The Morgan fingerprint density at radius 1 is 1.18 bits per heavy atom. The fraction of sp³-hybridized carbons (Fsp3) is 0.167. The summed E-state index contributed by atoms with van der Waals surface area (Å²) < 4.78 is 1.04. The first-order valence-corrected chi connectivity index (χ1v) is 8.30. The van der Waals surface area contributed by atoms with E-state index in [4.69, 9.17) is 11.6 Å². The Kier molecular flexibility index (Phi) is 4.19. The number of benzene rings is 2. The Balaban J connectivity index is 1.88. The molecule has 1 N–H and O–H groups in total. The molecule has 0 bridgehead atoms. The van der Waals surface area contributed by atoms with Gasteiger partial charge in [0.15, 0.2) is 0 Å². The van der Waals surface area contributed by atoms with E-state index in [0.717, 1.165) is 21.2 Å². The summed E-state index contributed by atoms with van der Waals surface area (Å²) in [6.45, 7) is 4.00. The molecule has 3 aromatic rings. The topological polar surface area (TPSA) is 29.1 Å². The van der Waals surface area contributed by atoms with E-state index in [1.807, 2.05) is 56.3 Å². The maximum atomic E-state index is 12.5. The van der Waals surface area contributed by atoms with Gasteiger partial charge in [-0.2, -0.15) is 0 Å². The first-order chi connectivity index (χ1) is 10.6. The molecule has 0 saturated carbocycles. The Morgan fingerprint density at radius 2 is 1.91 bits per heavy atom. The maximum absolute atomic E-state index is 12.5. The molecule has 1 aromatic heterocycles. The zero-order valence-corrected chi connectivity index (χ0v) is 14.0. The third kappa shape index (κ3) is 2.87. The molecule has 1 amide bonds. The zero-order valence-electron chi connectivity index (χ0n) is 12.4. The number of carbonyl (C=O) groups is 1. The van der Waals surface area contributed by atoms with E-state index in [1.165, 1.54) is 11.3 Å². The number of rotatable bonds is 3. The molecule has 2 aromatic carbocycles. The lowest BCUT2D eigenvalue weighted by Crippen LogP contribution is -2.26. The third-order valence-electron chi connectivity index (χ3n) is 3.64. The van der Waals surface area contributed by atoms with Crippen LogP contribution in [0.3, 0.4) is 0 Å². The van der Waals surface area contributed by atoms with E-state index in [-0.39, 0.29) is 11.9 Å². The van der Waals surface area contributed by atoms with Gasteiger partial charge in [0, 0.05) is 10.1 Å². The highest BCUT2D eigenvalue weighted by Gasteiger charge is 2.19. The van der Waals surface area contributed by atoms with E-state index >= 15 is 0 Å². The number of hydrogen-bond acceptors (Lipinski definition) is 2. The molecule has 0 radical (unpaired) electrons. The largest absolute Gasteiger partial charge is 0.345 e. The summed E-state index contributed by atoms with van der Waals surface area (Å²) in [6, 6.07) is 15.9. The molecule has 2 nitrogen and oxygen atoms in total. The minimum Gasteiger partial charge on any atom is -0.345 e. The van der Waals surface area contributed by atoms with Crippen LogP contribution in [0.1, 0.15) is 33.8 Å². The van der Waals surface area contributed by atoms with Crippen LogP contribution in [0.4, 0.5) is 0 Å². The number of aryl methyl sites for hydroxylation is 1. The standard InChI is InChI=1S/C18H16ClNOS/c1-11-8-9-14-15(10-11)22-17(16(14)19)18(21)20-12(2)13-6-4-3-5-7-13/h3-10,12H,1-2H3,(H,20,21)/t12-/m0/s1. The molecule has 112 valence electrons. The number of hydrogen-bond donors (Lipinski definition) is 1. The summed E-state index contributed by atoms with van der Waals surface area (Å²) in [4.78, 5) is 13.1. The van der Waals surface area contributed by atoms with Crippen LogP contribution in [0.15, 0.2) is 48.5 Å². The van der Waals surface area contributed by atoms with Gasteiger partial charge in [-0.15, -0.1) is 11.3 Å². The highest BCUT2D eigenvalue weighted by atomic mass is 35.5. The molecule has 0 saturated heterocycles. The van der Waals surface area contributed by atoms with Crippen LogP contribution in [-0.4, -0.2) is 5.91 Å². The number of thiophene rings is 1. The molecule has 0 spiro atoms. The van der Waals surface area contributed by atoms with Gasteiger partial charge in [0.05, 0.1) is 11.1 Å². The van der Waals surface area contributed by atoms with Gasteiger partial charge in [-0.1, -0.05) is 54.1 Å². The lowest BCUT2D eigenvalue weighted by molar-refractivity contribution is 0.0944. The Morgan fingerprint density at radius 3 is 2.64 bits per heavy atom. The van der Waals surface area contributed by atoms with Gasteiger partial charge in [0.25, 0.3) is 5.91 Å². The molecule has 0 aliphatic heterocycles. The lowest BCUT2D eigenvalue weighted by atomic mass is 10.1. The summed E-state index contributed by atoms with van der Waals surface area (Å²) in [5.41, 5.74) is 2.24. The van der Waals surface area contributed by atoms with Crippen molar-refractivity contribution in [2.45, 2.75) is 19.9 Å². The average molecular weight is 330 g/mol. The van der Waals surface area contributed by atoms with Gasteiger partial charge in [0.2, 0.25) is 0 Å². The predicted octanol–water partition coefficient (Wildman–Crippen LogP) is 5.35. The number of amides is 1. The second-order valence-corrected chi connectivity index (χ2v) is 6.78. The summed E-state index contributed by atoms with van der Waals surface area (Å²) in [7, 11) is 0. The molecular weight excluding hydrogens is 314 g/mol. The van der Waals surface area contributed by atoms with E-state index in [2.05, 4.69) is 11.4 Å². The van der Waals surface area contributed by atoms with Crippen molar-refractivity contribution in [1.82, 2.24) is 5.32 Å². The third-order valence-corrected chi connectivity index (χ3v) is 5.29. The first-order valence-electron chi connectivity index (χ1n) is 7.10. The van der Waals surface area contributed by atoms with Crippen LogP contribution in [-0.2, 0) is 0 Å². The van der Waals surface area contributed by atoms with E-state index < -0.39 is 0 Å². The van der Waals surface area contributed by atoms with Crippen molar-refractivity contribution in [2.75, 3.05) is 0 Å². The average Bonchev–Trinajstić information content (AvgIpc) is 2.84. The summed E-state index contributed by atoms with van der Waals surface area (Å²) >= 11 is 7.82. The molecule has 0 aliphatic carbocycles. The zero-order chi connectivity index (χ0) is 15.7. The van der Waals surface area contributed by atoms with E-state index in [0.29, 0.717) is 9.90 Å². The predicted molar refractivity (Wildman–Crippen MR) is 93.9 cm³/mol. The van der Waals surface area contributed by atoms with Crippen molar-refractivity contribution in [3.63, 3.8) is 0 Å². The van der Waals surface area contributed by atoms with Gasteiger partial charge < -0.3 is 5.32 Å². The first kappa shape index (κ1) is 15.1. The number of nitrogens with one attached hydrogen (secondary N) is 1. The van der Waals surface area contributed by atoms with Crippen LogP contribution >= 0.6 is 22.9 Å². The monoisotopic (exact) mass is 329 g/mol. The van der Waals surface area contributed by atoms with Crippen molar-refractivity contribution < 1.29 is 4.79 Å². The van der Waals surface area contributed by atoms with Gasteiger partial charge in [0.1, 0.15) is 4.88 Å². The maximum Gasteiger partial charge on any atom is 0.263 e. The molecule has 0 fully saturated rings. The second-order valence-electron chi connectivity index (χ2n) is 5.35. The SMILES string of the molecule is Cc1ccc2c(Cl)c(C(=O)N[C@@H](C)c3ccccc3)sc2c1. The molecule has 4 heteroatoms. The smallest absolute Gasteiger partial charge is 0.263 e. The Labute approximate surface area is 138 Å². The second kappa shape index (κ2) is 6.11. The van der Waals surface area contributed by atoms with Crippen LogP contribution in [0.25, 0.3) is 10.1 Å². The quantitative estimate of drug-likeness (QED) is 0.689. The molecular formula is C18H16ClNOS. The van der Waals surface area contributed by atoms with Gasteiger partial charge in [-0.25, -0.2) is 0 Å². The van der Waals surface area contributed by atoms with Crippen molar-refractivity contribution in [3.05, 3.63) is 69.6 Å². The number of carbonyl (C=O) groups excluding carboxylic acids is 1. The molecule has 0 unspecified atom stereocenters. The van der Waals surface area contributed by atoms with Gasteiger partial charge >= 0.3 is 0 Å². The van der Waals surface area contributed by atoms with E-state index in [9.17, 15) is 4.79 Å². The van der Waals surface area contributed by atoms with Crippen LogP contribution < -0.4 is 5.32 Å². The molecule has 1 heterocycles. The lowest BCUT2D eigenvalue weighted by Gasteiger charge is -2.13.